The normalized spacial score (nSPS) is 11.5. The number of aryl methyl sites for hydroxylation is 3. The Labute approximate surface area is 207 Å². The van der Waals surface area contributed by atoms with Crippen molar-refractivity contribution in [1.82, 2.24) is 9.55 Å². The zero-order valence-corrected chi connectivity index (χ0v) is 21.7. The van der Waals surface area contributed by atoms with Crippen LogP contribution in [-0.2, 0) is 13.0 Å². The molecule has 1 unspecified atom stereocenters. The fourth-order valence-corrected chi connectivity index (χ4v) is 4.29. The van der Waals surface area contributed by atoms with Crippen LogP contribution in [0.5, 0.6) is 0 Å². The Morgan fingerprint density at radius 2 is 1.62 bits per heavy atom. The summed E-state index contributed by atoms with van der Waals surface area (Å²) in [5.41, 5.74) is 6.95. The molecule has 0 amide bonds. The zero-order valence-electron chi connectivity index (χ0n) is 21.7. The quantitative estimate of drug-likeness (QED) is 0.268. The van der Waals surface area contributed by atoms with Gasteiger partial charge in [-0.3, -0.25) is 0 Å². The molecule has 0 bridgehead atoms. The maximum Gasteiger partial charge on any atom is 0.210 e. The van der Waals surface area contributed by atoms with Gasteiger partial charge in [0.1, 0.15) is 0 Å². The van der Waals surface area contributed by atoms with Crippen LogP contribution in [0.15, 0.2) is 73.2 Å². The molecular formula is C30H40BN3. The first-order chi connectivity index (χ1) is 16.5. The molecule has 178 valence electrons. The smallest absolute Gasteiger partial charge is 0.210 e. The zero-order chi connectivity index (χ0) is 24.8. The molecule has 1 aromatic heterocycles. The van der Waals surface area contributed by atoms with Gasteiger partial charge in [-0.05, 0) is 40.0 Å². The first-order valence-electron chi connectivity index (χ1n) is 12.7. The third-order valence-electron chi connectivity index (χ3n) is 6.15. The predicted octanol–water partition coefficient (Wildman–Crippen LogP) is 6.26. The topological polar surface area (TPSA) is 41.6 Å². The van der Waals surface area contributed by atoms with E-state index in [-0.39, 0.29) is 5.92 Å². The van der Waals surface area contributed by atoms with Gasteiger partial charge in [0.05, 0.1) is 18.3 Å². The van der Waals surface area contributed by atoms with Gasteiger partial charge in [-0.1, -0.05) is 109 Å². The van der Waals surface area contributed by atoms with Gasteiger partial charge in [-0.2, -0.15) is 5.26 Å². The van der Waals surface area contributed by atoms with Crippen molar-refractivity contribution in [3.8, 4) is 6.07 Å². The van der Waals surface area contributed by atoms with E-state index >= 15 is 0 Å². The van der Waals surface area contributed by atoms with E-state index in [2.05, 4.69) is 104 Å². The summed E-state index contributed by atoms with van der Waals surface area (Å²) in [5, 5.41) is 8.67. The van der Waals surface area contributed by atoms with Crippen LogP contribution in [0.1, 0.15) is 56.9 Å². The Kier molecular flexibility index (Phi) is 12.0. The van der Waals surface area contributed by atoms with Crippen molar-refractivity contribution in [1.29, 1.82) is 5.26 Å². The summed E-state index contributed by atoms with van der Waals surface area (Å²) < 4.78 is 2.07. The minimum atomic E-state index is 0.0600. The molecule has 0 fully saturated rings. The summed E-state index contributed by atoms with van der Waals surface area (Å²) in [5.74, 6) is 0.0600. The van der Waals surface area contributed by atoms with Crippen LogP contribution < -0.4 is 10.9 Å². The van der Waals surface area contributed by atoms with Crippen LogP contribution in [0, 0.1) is 31.1 Å². The first-order valence-corrected chi connectivity index (χ1v) is 12.7. The second-order valence-electron chi connectivity index (χ2n) is 9.04. The molecule has 0 saturated carbocycles. The van der Waals surface area contributed by atoms with Crippen molar-refractivity contribution >= 4 is 17.6 Å². The lowest BCUT2D eigenvalue weighted by molar-refractivity contribution is 0.558. The van der Waals surface area contributed by atoms with Crippen molar-refractivity contribution in [2.24, 2.45) is 5.92 Å². The van der Waals surface area contributed by atoms with Gasteiger partial charge >= 0.3 is 0 Å². The molecule has 3 nitrogen and oxygen atoms in total. The number of rotatable bonds is 10. The predicted molar refractivity (Wildman–Crippen MR) is 147 cm³/mol. The summed E-state index contributed by atoms with van der Waals surface area (Å²) in [6.45, 7) is 12.0. The van der Waals surface area contributed by atoms with Crippen LogP contribution in [0.4, 0.5) is 0 Å². The molecule has 4 heteroatoms. The van der Waals surface area contributed by atoms with E-state index in [0.717, 1.165) is 32.2 Å². The Hall–Kier alpha value is -3.06. The second kappa shape index (κ2) is 15.0. The van der Waals surface area contributed by atoms with E-state index in [1.54, 1.807) is 6.33 Å². The fourth-order valence-electron chi connectivity index (χ4n) is 4.29. The molecule has 1 heterocycles. The van der Waals surface area contributed by atoms with E-state index in [1.165, 1.54) is 34.1 Å². The van der Waals surface area contributed by atoms with Gasteiger partial charge in [-0.15, -0.1) is 0 Å². The average molecular weight is 453 g/mol. The first kappa shape index (κ1) is 27.2. The van der Waals surface area contributed by atoms with Crippen molar-refractivity contribution in [2.75, 3.05) is 0 Å². The van der Waals surface area contributed by atoms with Crippen molar-refractivity contribution in [3.05, 3.63) is 90.0 Å². The van der Waals surface area contributed by atoms with Crippen LogP contribution in [0.2, 0.25) is 6.32 Å². The number of hydrogen-bond acceptors (Lipinski definition) is 2. The van der Waals surface area contributed by atoms with E-state index in [9.17, 15) is 0 Å². The van der Waals surface area contributed by atoms with Gasteiger partial charge < -0.3 is 4.57 Å². The molecule has 0 saturated heterocycles. The molecule has 3 aromatic rings. The lowest BCUT2D eigenvalue weighted by Crippen LogP contribution is -2.44. The minimum Gasteiger partial charge on any atom is -0.333 e. The van der Waals surface area contributed by atoms with Gasteiger partial charge in [0, 0.05) is 18.4 Å². The molecule has 0 radical (unpaired) electrons. The Balaban J connectivity index is 0.000000270. The molecule has 0 aliphatic carbocycles. The van der Waals surface area contributed by atoms with Crippen LogP contribution >= 0.6 is 0 Å². The summed E-state index contributed by atoms with van der Waals surface area (Å²) in [6.07, 6.45) is 13.9. The standard InChI is InChI=1S/C20H25B.C10H15N3/c1-4-5-6-11-16-21(19-14-9-7-12-17(19)2)20-15-10-8-13-18(20)3;1-3-4-10-6-12-8-13(10)7-9(2)5-11/h5-10,12-15H,4,11,16H2,1-3H3;6,8-9H,3-4,7H2,1-2H3. The molecule has 2 aromatic carbocycles. The Bertz CT molecular complexity index is 1020. The molecule has 0 N–H and O–H groups in total. The fraction of sp³-hybridized carbons (Fsp3) is 0.400. The van der Waals surface area contributed by atoms with Crippen molar-refractivity contribution in [2.45, 2.75) is 73.2 Å². The number of aromatic nitrogens is 2. The molecule has 0 aliphatic rings. The van der Waals surface area contributed by atoms with Crippen molar-refractivity contribution < 1.29 is 0 Å². The molecule has 0 spiro atoms. The number of imidazole rings is 1. The van der Waals surface area contributed by atoms with E-state index in [0.29, 0.717) is 6.71 Å². The lowest BCUT2D eigenvalue weighted by atomic mass is 9.37. The third kappa shape index (κ3) is 8.38. The Morgan fingerprint density at radius 1 is 1.00 bits per heavy atom. The van der Waals surface area contributed by atoms with Crippen LogP contribution in [0.25, 0.3) is 0 Å². The summed E-state index contributed by atoms with van der Waals surface area (Å²) in [7, 11) is 0. The van der Waals surface area contributed by atoms with Gasteiger partial charge in [-0.25, -0.2) is 4.98 Å². The highest BCUT2D eigenvalue weighted by molar-refractivity contribution is 6.85. The third-order valence-corrected chi connectivity index (χ3v) is 6.15. The van der Waals surface area contributed by atoms with E-state index < -0.39 is 0 Å². The van der Waals surface area contributed by atoms with E-state index in [1.807, 2.05) is 13.1 Å². The maximum absolute atomic E-state index is 8.67. The lowest BCUT2D eigenvalue weighted by Gasteiger charge is -2.18. The number of nitrogens with zero attached hydrogens (tertiary/aromatic N) is 3. The number of benzene rings is 2. The molecule has 34 heavy (non-hydrogen) atoms. The maximum atomic E-state index is 8.67. The van der Waals surface area contributed by atoms with Crippen LogP contribution in [-0.4, -0.2) is 16.3 Å². The molecule has 0 aliphatic heterocycles. The van der Waals surface area contributed by atoms with Gasteiger partial charge in [0.25, 0.3) is 0 Å². The molecule has 1 atom stereocenters. The van der Waals surface area contributed by atoms with Gasteiger partial charge in [0.15, 0.2) is 0 Å². The molecule has 3 rings (SSSR count). The highest BCUT2D eigenvalue weighted by atomic mass is 15.0. The summed E-state index contributed by atoms with van der Waals surface area (Å²) >= 11 is 0. The number of hydrogen-bond donors (Lipinski definition) is 0. The highest BCUT2D eigenvalue weighted by Gasteiger charge is 2.21. The number of nitriles is 1. The Morgan fingerprint density at radius 3 is 2.15 bits per heavy atom. The van der Waals surface area contributed by atoms with Gasteiger partial charge in [0.2, 0.25) is 6.71 Å². The largest absolute Gasteiger partial charge is 0.333 e. The van der Waals surface area contributed by atoms with E-state index in [4.69, 9.17) is 5.26 Å². The van der Waals surface area contributed by atoms with Crippen LogP contribution in [0.3, 0.4) is 0 Å². The summed E-state index contributed by atoms with van der Waals surface area (Å²) in [4.78, 5) is 4.08. The molecular weight excluding hydrogens is 413 g/mol. The number of allylic oxidation sites excluding steroid dienone is 2. The monoisotopic (exact) mass is 453 g/mol. The van der Waals surface area contributed by atoms with Crippen molar-refractivity contribution in [3.63, 3.8) is 0 Å². The highest BCUT2D eigenvalue weighted by Crippen LogP contribution is 2.08. The SMILES string of the molecule is CCC=CCCB(c1ccccc1C)c1ccccc1C.CCCc1cncn1CC(C)C#N. The minimum absolute atomic E-state index is 0.0600. The second-order valence-corrected chi connectivity index (χ2v) is 9.04. The average Bonchev–Trinajstić information content (AvgIpc) is 3.27. The summed E-state index contributed by atoms with van der Waals surface area (Å²) in [6, 6.07) is 19.8.